The lowest BCUT2D eigenvalue weighted by molar-refractivity contribution is 0.0526. The van der Waals surface area contributed by atoms with Gasteiger partial charge in [-0.1, -0.05) is 30.3 Å². The number of aliphatic imine (C=N–C) groups is 1. The van der Waals surface area contributed by atoms with Crippen LogP contribution in [0, 0.1) is 0 Å². The molecule has 1 N–H and O–H groups in total. The van der Waals surface area contributed by atoms with Crippen molar-refractivity contribution >= 4 is 39.3 Å². The first-order valence-electron chi connectivity index (χ1n) is 9.33. The lowest BCUT2D eigenvalue weighted by Gasteiger charge is -2.22. The van der Waals surface area contributed by atoms with Crippen LogP contribution in [-0.2, 0) is 17.7 Å². The molecule has 0 atom stereocenters. The van der Waals surface area contributed by atoms with Crippen LogP contribution in [0.1, 0.15) is 33.3 Å². The molecule has 0 amide bonds. The molecule has 144 valence electrons. The van der Waals surface area contributed by atoms with E-state index in [0.29, 0.717) is 22.7 Å². The van der Waals surface area contributed by atoms with E-state index in [1.807, 2.05) is 37.3 Å². The number of hydrogen-bond acceptors (Lipinski definition) is 6. The number of benzene rings is 2. The van der Waals surface area contributed by atoms with E-state index in [-0.39, 0.29) is 11.7 Å². The maximum Gasteiger partial charge on any atom is 0.341 e. The van der Waals surface area contributed by atoms with E-state index in [2.05, 4.69) is 16.9 Å². The Bertz CT molecular complexity index is 1070. The highest BCUT2D eigenvalue weighted by atomic mass is 32.1. The third-order valence-corrected chi connectivity index (χ3v) is 6.09. The summed E-state index contributed by atoms with van der Waals surface area (Å²) in [6.07, 6.45) is 2.47. The molecule has 28 heavy (non-hydrogen) atoms. The first-order valence-corrected chi connectivity index (χ1v) is 10.1. The molecule has 3 aromatic rings. The van der Waals surface area contributed by atoms with Gasteiger partial charge in [-0.2, -0.15) is 0 Å². The molecule has 0 spiro atoms. The molecular weight excluding hydrogens is 372 g/mol. The van der Waals surface area contributed by atoms with Gasteiger partial charge in [0.15, 0.2) is 0 Å². The zero-order valence-corrected chi connectivity index (χ0v) is 16.8. The summed E-state index contributed by atoms with van der Waals surface area (Å²) in [7, 11) is 2.07. The van der Waals surface area contributed by atoms with E-state index < -0.39 is 0 Å². The summed E-state index contributed by atoms with van der Waals surface area (Å²) in [5.41, 5.74) is 2.28. The quantitative estimate of drug-likeness (QED) is 0.522. The van der Waals surface area contributed by atoms with Crippen LogP contribution in [0.4, 0.5) is 5.00 Å². The molecule has 0 aliphatic carbocycles. The molecule has 0 saturated heterocycles. The number of likely N-dealkylation sites (N-methyl/N-ethyl adjacent to an activating group) is 1. The predicted octanol–water partition coefficient (Wildman–Crippen LogP) is 4.52. The average Bonchev–Trinajstić information content (AvgIpc) is 3.04. The number of hydrogen-bond donors (Lipinski definition) is 1. The molecule has 4 rings (SSSR count). The van der Waals surface area contributed by atoms with E-state index in [0.717, 1.165) is 40.7 Å². The number of carbonyl (C=O) groups is 1. The normalized spacial score (nSPS) is 14.5. The molecule has 0 radical (unpaired) electrons. The number of phenols is 1. The van der Waals surface area contributed by atoms with Gasteiger partial charge in [0.1, 0.15) is 10.8 Å². The highest BCUT2D eigenvalue weighted by molar-refractivity contribution is 7.16. The number of aromatic hydroxyl groups is 1. The van der Waals surface area contributed by atoms with Gasteiger partial charge in [-0.15, -0.1) is 11.3 Å². The maximum absolute atomic E-state index is 12.6. The van der Waals surface area contributed by atoms with Crippen LogP contribution in [0.5, 0.6) is 5.75 Å². The number of esters is 1. The number of ether oxygens (including phenoxy) is 1. The van der Waals surface area contributed by atoms with Crippen LogP contribution in [0.3, 0.4) is 0 Å². The summed E-state index contributed by atoms with van der Waals surface area (Å²) in [4.78, 5) is 20.6. The Balaban J connectivity index is 1.80. The first-order chi connectivity index (χ1) is 13.6. The van der Waals surface area contributed by atoms with Gasteiger partial charge in [0.2, 0.25) is 0 Å². The molecule has 5 nitrogen and oxygen atoms in total. The van der Waals surface area contributed by atoms with Gasteiger partial charge >= 0.3 is 5.97 Å². The molecule has 0 saturated carbocycles. The molecule has 2 heterocycles. The van der Waals surface area contributed by atoms with E-state index in [9.17, 15) is 9.90 Å². The third-order valence-electron chi connectivity index (χ3n) is 4.97. The largest absolute Gasteiger partial charge is 0.507 e. The van der Waals surface area contributed by atoms with Crippen molar-refractivity contribution in [2.75, 3.05) is 20.2 Å². The Hall–Kier alpha value is -2.70. The van der Waals surface area contributed by atoms with Crippen LogP contribution in [0.15, 0.2) is 41.4 Å². The standard InChI is InChI=1S/C22H22N2O3S/c1-3-27-22(26)20-16-10-11-24(2)13-19(16)28-21(20)23-12-17-15-7-5-4-6-14(15)8-9-18(17)25/h4-9,12,25H,3,10-11,13H2,1-2H3. The molecule has 1 aromatic heterocycles. The second kappa shape index (κ2) is 7.73. The molecule has 0 fully saturated rings. The van der Waals surface area contributed by atoms with Crippen molar-refractivity contribution in [1.29, 1.82) is 0 Å². The predicted molar refractivity (Wildman–Crippen MR) is 113 cm³/mol. The highest BCUT2D eigenvalue weighted by Crippen LogP contribution is 2.39. The number of nitrogens with zero attached hydrogens (tertiary/aromatic N) is 2. The minimum absolute atomic E-state index is 0.168. The van der Waals surface area contributed by atoms with Gasteiger partial charge in [-0.05, 0) is 42.8 Å². The second-order valence-corrected chi connectivity index (χ2v) is 7.95. The Labute approximate surface area is 167 Å². The van der Waals surface area contributed by atoms with E-state index in [4.69, 9.17) is 4.74 Å². The van der Waals surface area contributed by atoms with Crippen LogP contribution in [-0.4, -0.2) is 42.4 Å². The van der Waals surface area contributed by atoms with Gasteiger partial charge in [0, 0.05) is 29.7 Å². The number of thiophene rings is 1. The van der Waals surface area contributed by atoms with Crippen molar-refractivity contribution in [2.45, 2.75) is 19.9 Å². The van der Waals surface area contributed by atoms with Gasteiger partial charge in [-0.3, -0.25) is 0 Å². The SMILES string of the molecule is CCOC(=O)c1c(N=Cc2c(O)ccc3ccccc23)sc2c1CCN(C)C2. The summed E-state index contributed by atoms with van der Waals surface area (Å²) in [6, 6.07) is 11.4. The summed E-state index contributed by atoms with van der Waals surface area (Å²) < 4.78 is 5.30. The number of carbonyl (C=O) groups excluding carboxylic acids is 1. The minimum Gasteiger partial charge on any atom is -0.507 e. The van der Waals surface area contributed by atoms with Crippen LogP contribution >= 0.6 is 11.3 Å². The summed E-state index contributed by atoms with van der Waals surface area (Å²) in [6.45, 7) is 3.85. The number of phenolic OH excluding ortho intramolecular Hbond substituents is 1. The number of rotatable bonds is 4. The van der Waals surface area contributed by atoms with Crippen molar-refractivity contribution < 1.29 is 14.6 Å². The monoisotopic (exact) mass is 394 g/mol. The maximum atomic E-state index is 12.6. The Morgan fingerprint density at radius 2 is 2.14 bits per heavy atom. The topological polar surface area (TPSA) is 62.1 Å². The molecule has 1 aliphatic heterocycles. The van der Waals surface area contributed by atoms with Gasteiger partial charge in [-0.25, -0.2) is 9.79 Å². The van der Waals surface area contributed by atoms with E-state index >= 15 is 0 Å². The molecule has 0 unspecified atom stereocenters. The van der Waals surface area contributed by atoms with Crippen molar-refractivity contribution in [3.8, 4) is 5.75 Å². The summed E-state index contributed by atoms with van der Waals surface area (Å²) in [5, 5.41) is 13.0. The van der Waals surface area contributed by atoms with Crippen molar-refractivity contribution in [1.82, 2.24) is 4.90 Å². The van der Waals surface area contributed by atoms with E-state index in [1.165, 1.54) is 11.3 Å². The van der Waals surface area contributed by atoms with Crippen molar-refractivity contribution in [3.05, 3.63) is 58.0 Å². The smallest absolute Gasteiger partial charge is 0.341 e. The van der Waals surface area contributed by atoms with Gasteiger partial charge in [0.25, 0.3) is 0 Å². The Kier molecular flexibility index (Phi) is 5.15. The Morgan fingerprint density at radius 3 is 2.96 bits per heavy atom. The van der Waals surface area contributed by atoms with Crippen LogP contribution in [0.25, 0.3) is 10.8 Å². The molecule has 6 heteroatoms. The number of fused-ring (bicyclic) bond motifs is 2. The summed E-state index contributed by atoms with van der Waals surface area (Å²) in [5.74, 6) is -0.153. The lowest BCUT2D eigenvalue weighted by Crippen LogP contribution is -2.26. The van der Waals surface area contributed by atoms with Gasteiger partial charge < -0.3 is 14.7 Å². The molecule has 2 aromatic carbocycles. The highest BCUT2D eigenvalue weighted by Gasteiger charge is 2.27. The molecule has 0 bridgehead atoms. The fourth-order valence-corrected chi connectivity index (χ4v) is 4.82. The van der Waals surface area contributed by atoms with E-state index in [1.54, 1.807) is 12.3 Å². The molecular formula is C22H22N2O3S. The van der Waals surface area contributed by atoms with Gasteiger partial charge in [0.05, 0.1) is 12.2 Å². The van der Waals surface area contributed by atoms with Crippen molar-refractivity contribution in [2.24, 2.45) is 4.99 Å². The zero-order valence-electron chi connectivity index (χ0n) is 15.9. The summed E-state index contributed by atoms with van der Waals surface area (Å²) >= 11 is 1.53. The van der Waals surface area contributed by atoms with Crippen LogP contribution in [0.2, 0.25) is 0 Å². The first kappa shape index (κ1) is 18.7. The lowest BCUT2D eigenvalue weighted by atomic mass is 10.0. The fourth-order valence-electron chi connectivity index (χ4n) is 3.56. The Morgan fingerprint density at radius 1 is 1.32 bits per heavy atom. The zero-order chi connectivity index (χ0) is 19.7. The van der Waals surface area contributed by atoms with Crippen molar-refractivity contribution in [3.63, 3.8) is 0 Å². The average molecular weight is 394 g/mol. The second-order valence-electron chi connectivity index (χ2n) is 6.87. The minimum atomic E-state index is -0.321. The third kappa shape index (κ3) is 3.41. The fraction of sp³-hybridized carbons (Fsp3) is 0.273. The van der Waals surface area contributed by atoms with Crippen LogP contribution < -0.4 is 0 Å². The molecule has 1 aliphatic rings.